The molecule has 0 aromatic heterocycles. The summed E-state index contributed by atoms with van der Waals surface area (Å²) in [6.07, 6.45) is 2.98. The molecule has 7 heteroatoms. The van der Waals surface area contributed by atoms with Gasteiger partial charge in [-0.05, 0) is 26.3 Å². The fourth-order valence-corrected chi connectivity index (χ4v) is 2.99. The first-order valence-corrected chi connectivity index (χ1v) is 8.03. The largest absolute Gasteiger partial charge is 0.503 e. The summed E-state index contributed by atoms with van der Waals surface area (Å²) in [6, 6.07) is 0. The molecule has 6 nitrogen and oxygen atoms in total. The van der Waals surface area contributed by atoms with Crippen molar-refractivity contribution in [2.75, 3.05) is 33.6 Å². The van der Waals surface area contributed by atoms with Crippen LogP contribution in [-0.2, 0) is 27.9 Å². The number of ether oxygens (including phenoxy) is 2. The maximum atomic E-state index is 12.3. The second-order valence-electron chi connectivity index (χ2n) is 3.77. The van der Waals surface area contributed by atoms with E-state index in [9.17, 15) is 9.36 Å². The molecule has 0 aromatic rings. The fraction of sp³-hybridized carbons (Fsp3) is 0.615. The topological polar surface area (TPSA) is 71.1 Å². The van der Waals surface area contributed by atoms with Crippen LogP contribution in [0.5, 0.6) is 0 Å². The monoisotopic (exact) mass is 306 g/mol. The average Bonchev–Trinajstić information content (AvgIpc) is 2.42. The molecule has 0 aliphatic carbocycles. The molecule has 0 bridgehead atoms. The van der Waals surface area contributed by atoms with Crippen LogP contribution in [0.2, 0.25) is 0 Å². The third-order valence-corrected chi connectivity index (χ3v) is 4.27. The molecule has 0 aliphatic heterocycles. The Kier molecular flexibility index (Phi) is 9.21. The third kappa shape index (κ3) is 6.37. The molecule has 0 aliphatic rings. The van der Waals surface area contributed by atoms with Crippen LogP contribution < -0.4 is 0 Å². The summed E-state index contributed by atoms with van der Waals surface area (Å²) in [4.78, 5) is 11.6. The summed E-state index contributed by atoms with van der Waals surface area (Å²) < 4.78 is 32.1. The van der Waals surface area contributed by atoms with Gasteiger partial charge >= 0.3 is 13.6 Å². The molecule has 0 fully saturated rings. The van der Waals surface area contributed by atoms with Gasteiger partial charge in [-0.15, -0.1) is 0 Å². The molecule has 116 valence electrons. The van der Waals surface area contributed by atoms with Gasteiger partial charge in [0, 0.05) is 0 Å². The Morgan fingerprint density at radius 1 is 1.15 bits per heavy atom. The minimum absolute atomic E-state index is 0.0819. The van der Waals surface area contributed by atoms with Crippen LogP contribution in [0.25, 0.3) is 0 Å². The molecule has 0 N–H and O–H groups in total. The van der Waals surface area contributed by atoms with E-state index >= 15 is 0 Å². The van der Waals surface area contributed by atoms with E-state index in [2.05, 4.69) is 4.74 Å². The lowest BCUT2D eigenvalue weighted by atomic mass is 10.1. The Hall–Kier alpha value is -1.10. The summed E-state index contributed by atoms with van der Waals surface area (Å²) in [5.74, 6) is -0.525. The highest BCUT2D eigenvalue weighted by molar-refractivity contribution is 7.54. The molecular weight excluding hydrogens is 283 g/mol. The summed E-state index contributed by atoms with van der Waals surface area (Å²) in [7, 11) is -0.453. The van der Waals surface area contributed by atoms with Gasteiger partial charge in [0.2, 0.25) is 0 Å². The smallest absolute Gasteiger partial charge is 0.341 e. The van der Waals surface area contributed by atoms with E-state index in [1.165, 1.54) is 20.5 Å². The zero-order valence-corrected chi connectivity index (χ0v) is 13.6. The van der Waals surface area contributed by atoms with E-state index in [-0.39, 0.29) is 11.7 Å². The van der Waals surface area contributed by atoms with Gasteiger partial charge in [-0.25, -0.2) is 4.79 Å². The molecule has 0 heterocycles. The molecule has 0 saturated carbocycles. The Balaban J connectivity index is 5.06. The van der Waals surface area contributed by atoms with Crippen molar-refractivity contribution in [3.05, 3.63) is 23.5 Å². The van der Waals surface area contributed by atoms with Crippen LogP contribution in [0.4, 0.5) is 0 Å². The standard InChI is InChI=1S/C13H23O6P/c1-6-18-20(15,19-7-2)9-8-11(3)12(10-16-4)13(14)17-5/h8,10H,6-7,9H2,1-5H3/b11-8+,12-10-. The zero-order valence-electron chi connectivity index (χ0n) is 12.7. The number of rotatable bonds is 9. The molecule has 0 atom stereocenters. The Labute approximate surface area is 120 Å². The number of hydrogen-bond acceptors (Lipinski definition) is 6. The van der Waals surface area contributed by atoms with Gasteiger partial charge in [0.25, 0.3) is 0 Å². The first-order valence-electron chi connectivity index (χ1n) is 6.30. The second kappa shape index (κ2) is 9.75. The molecule has 0 saturated heterocycles. The van der Waals surface area contributed by atoms with Gasteiger partial charge < -0.3 is 18.5 Å². The van der Waals surface area contributed by atoms with Crippen molar-refractivity contribution < 1.29 is 27.9 Å². The summed E-state index contributed by atoms with van der Waals surface area (Å²) in [6.45, 7) is 5.77. The van der Waals surface area contributed by atoms with Crippen molar-refractivity contribution in [1.82, 2.24) is 0 Å². The molecule has 20 heavy (non-hydrogen) atoms. The van der Waals surface area contributed by atoms with E-state index in [1.807, 2.05) is 0 Å². The highest BCUT2D eigenvalue weighted by Gasteiger charge is 2.22. The molecule has 0 spiro atoms. The molecular formula is C13H23O6P. The molecule has 0 amide bonds. The Bertz CT molecular complexity index is 403. The Morgan fingerprint density at radius 3 is 2.10 bits per heavy atom. The quantitative estimate of drug-likeness (QED) is 0.214. The van der Waals surface area contributed by atoms with Crippen LogP contribution in [0.15, 0.2) is 23.5 Å². The first kappa shape index (κ1) is 18.9. The van der Waals surface area contributed by atoms with Crippen LogP contribution in [0.1, 0.15) is 20.8 Å². The molecule has 0 radical (unpaired) electrons. The fourth-order valence-electron chi connectivity index (χ4n) is 1.42. The lowest BCUT2D eigenvalue weighted by Crippen LogP contribution is -2.07. The van der Waals surface area contributed by atoms with Crippen molar-refractivity contribution in [1.29, 1.82) is 0 Å². The van der Waals surface area contributed by atoms with Gasteiger partial charge in [0.1, 0.15) is 0 Å². The van der Waals surface area contributed by atoms with Crippen LogP contribution in [0.3, 0.4) is 0 Å². The minimum atomic E-state index is -3.17. The predicted octanol–water partition coefficient (Wildman–Crippen LogP) is 2.90. The maximum Gasteiger partial charge on any atom is 0.341 e. The van der Waals surface area contributed by atoms with Crippen LogP contribution in [-0.4, -0.2) is 39.6 Å². The van der Waals surface area contributed by atoms with Crippen LogP contribution >= 0.6 is 7.60 Å². The van der Waals surface area contributed by atoms with Crippen molar-refractivity contribution in [2.45, 2.75) is 20.8 Å². The van der Waals surface area contributed by atoms with Gasteiger partial charge in [0.05, 0.1) is 45.4 Å². The summed E-state index contributed by atoms with van der Waals surface area (Å²) >= 11 is 0. The summed E-state index contributed by atoms with van der Waals surface area (Å²) in [5, 5.41) is 0. The SMILES string of the molecule is CCOP(=O)(C/C=C(C)/C(=C/OC)C(=O)OC)OCC. The zero-order chi connectivity index (χ0) is 15.6. The first-order chi connectivity index (χ1) is 9.44. The number of allylic oxidation sites excluding steroid dienone is 1. The van der Waals surface area contributed by atoms with E-state index in [0.29, 0.717) is 18.8 Å². The number of carbonyl (C=O) groups is 1. The van der Waals surface area contributed by atoms with E-state index in [1.54, 1.807) is 26.8 Å². The number of carbonyl (C=O) groups excluding carboxylic acids is 1. The lowest BCUT2D eigenvalue weighted by Gasteiger charge is -2.15. The number of hydrogen-bond donors (Lipinski definition) is 0. The second-order valence-corrected chi connectivity index (χ2v) is 5.88. The van der Waals surface area contributed by atoms with E-state index < -0.39 is 13.6 Å². The molecule has 0 aromatic carbocycles. The van der Waals surface area contributed by atoms with Crippen molar-refractivity contribution in [3.8, 4) is 0 Å². The minimum Gasteiger partial charge on any atom is -0.503 e. The van der Waals surface area contributed by atoms with Crippen LogP contribution in [0, 0.1) is 0 Å². The van der Waals surface area contributed by atoms with Crippen molar-refractivity contribution >= 4 is 13.6 Å². The average molecular weight is 306 g/mol. The van der Waals surface area contributed by atoms with Gasteiger partial charge in [-0.3, -0.25) is 4.57 Å². The highest BCUT2D eigenvalue weighted by atomic mass is 31.2. The van der Waals surface area contributed by atoms with Gasteiger partial charge in [0.15, 0.2) is 0 Å². The maximum absolute atomic E-state index is 12.3. The lowest BCUT2D eigenvalue weighted by molar-refractivity contribution is -0.135. The van der Waals surface area contributed by atoms with E-state index in [0.717, 1.165) is 0 Å². The molecule has 0 rings (SSSR count). The Morgan fingerprint density at radius 2 is 1.70 bits per heavy atom. The highest BCUT2D eigenvalue weighted by Crippen LogP contribution is 2.48. The number of methoxy groups -OCH3 is 2. The normalized spacial score (nSPS) is 13.2. The predicted molar refractivity (Wildman–Crippen MR) is 76.6 cm³/mol. The number of esters is 1. The van der Waals surface area contributed by atoms with E-state index in [4.69, 9.17) is 13.8 Å². The third-order valence-electron chi connectivity index (χ3n) is 2.34. The van der Waals surface area contributed by atoms with Gasteiger partial charge in [-0.1, -0.05) is 6.08 Å². The van der Waals surface area contributed by atoms with Crippen molar-refractivity contribution in [3.63, 3.8) is 0 Å². The van der Waals surface area contributed by atoms with Crippen molar-refractivity contribution in [2.24, 2.45) is 0 Å². The van der Waals surface area contributed by atoms with Gasteiger partial charge in [-0.2, -0.15) is 0 Å². The molecule has 0 unspecified atom stereocenters. The summed E-state index contributed by atoms with van der Waals surface area (Å²) in [5.41, 5.74) is 0.841.